The summed E-state index contributed by atoms with van der Waals surface area (Å²) >= 11 is 0. The van der Waals surface area contributed by atoms with Crippen LogP contribution < -0.4 is 0 Å². The number of nitrogens with zero attached hydrogens (tertiary/aromatic N) is 1. The molecule has 1 unspecified atom stereocenters. The Bertz CT molecular complexity index is 963. The third-order valence-electron chi connectivity index (χ3n) is 3.78. The molecular weight excluding hydrogens is 350 g/mol. The number of hydrogen-bond acceptors (Lipinski definition) is 5. The van der Waals surface area contributed by atoms with Crippen LogP contribution in [0.4, 0.5) is 0 Å². The van der Waals surface area contributed by atoms with E-state index in [9.17, 15) is 13.2 Å². The van der Waals surface area contributed by atoms with Crippen LogP contribution in [0.2, 0.25) is 0 Å². The van der Waals surface area contributed by atoms with Gasteiger partial charge in [0.05, 0.1) is 16.2 Å². The Morgan fingerprint density at radius 1 is 0.962 bits per heavy atom. The zero-order valence-corrected chi connectivity index (χ0v) is 14.9. The van der Waals surface area contributed by atoms with Gasteiger partial charge < -0.3 is 4.74 Å². The maximum Gasteiger partial charge on any atom is 0.339 e. The zero-order valence-electron chi connectivity index (χ0n) is 14.1. The average molecular weight is 367 g/mol. The van der Waals surface area contributed by atoms with E-state index in [1.54, 1.807) is 18.3 Å². The van der Waals surface area contributed by atoms with Gasteiger partial charge in [-0.2, -0.15) is 0 Å². The third kappa shape index (κ3) is 4.15. The van der Waals surface area contributed by atoms with Crippen LogP contribution >= 0.6 is 0 Å². The first-order valence-electron chi connectivity index (χ1n) is 7.92. The van der Waals surface area contributed by atoms with Crippen LogP contribution in [0, 0.1) is 0 Å². The van der Waals surface area contributed by atoms with E-state index >= 15 is 0 Å². The minimum Gasteiger partial charge on any atom is -0.447 e. The number of esters is 1. The van der Waals surface area contributed by atoms with E-state index in [0.29, 0.717) is 5.69 Å². The van der Waals surface area contributed by atoms with Crippen molar-refractivity contribution in [1.82, 2.24) is 4.98 Å². The second-order valence-corrected chi connectivity index (χ2v) is 7.77. The van der Waals surface area contributed by atoms with Crippen molar-refractivity contribution >= 4 is 15.8 Å². The fourth-order valence-corrected chi connectivity index (χ4v) is 3.15. The number of carbonyl (C=O) groups is 1. The van der Waals surface area contributed by atoms with E-state index < -0.39 is 21.9 Å². The normalized spacial score (nSPS) is 12.3. The van der Waals surface area contributed by atoms with Crippen molar-refractivity contribution in [2.75, 3.05) is 6.26 Å². The highest BCUT2D eigenvalue weighted by Gasteiger charge is 2.22. The summed E-state index contributed by atoms with van der Waals surface area (Å²) in [5.74, 6) is -0.616. The molecule has 0 N–H and O–H groups in total. The summed E-state index contributed by atoms with van der Waals surface area (Å²) in [7, 11) is -3.41. The molecule has 0 radical (unpaired) electrons. The number of ether oxygens (including phenoxy) is 1. The van der Waals surface area contributed by atoms with Crippen molar-refractivity contribution in [3.8, 4) is 0 Å². The molecule has 5 nitrogen and oxygen atoms in total. The minimum absolute atomic E-state index is 0.0704. The van der Waals surface area contributed by atoms with Crippen molar-refractivity contribution in [2.24, 2.45) is 0 Å². The molecule has 0 fully saturated rings. The Balaban J connectivity index is 1.94. The van der Waals surface area contributed by atoms with Gasteiger partial charge in [0.1, 0.15) is 0 Å². The molecule has 2 aromatic carbocycles. The summed E-state index contributed by atoms with van der Waals surface area (Å²) in [5.41, 5.74) is 1.54. The van der Waals surface area contributed by atoms with E-state index in [4.69, 9.17) is 4.74 Å². The quantitative estimate of drug-likeness (QED) is 0.646. The van der Waals surface area contributed by atoms with Gasteiger partial charge in [-0.15, -0.1) is 0 Å². The molecule has 0 aliphatic carbocycles. The number of carbonyl (C=O) groups excluding carboxylic acids is 1. The van der Waals surface area contributed by atoms with Crippen molar-refractivity contribution in [2.45, 2.75) is 11.0 Å². The summed E-state index contributed by atoms with van der Waals surface area (Å²) in [6, 6.07) is 20.4. The van der Waals surface area contributed by atoms with E-state index in [0.717, 1.165) is 11.8 Å². The van der Waals surface area contributed by atoms with Crippen LogP contribution in [0.25, 0.3) is 0 Å². The first kappa shape index (κ1) is 17.8. The highest BCUT2D eigenvalue weighted by molar-refractivity contribution is 7.90. The smallest absolute Gasteiger partial charge is 0.339 e. The molecule has 0 spiro atoms. The van der Waals surface area contributed by atoms with Crippen molar-refractivity contribution < 1.29 is 17.9 Å². The molecule has 3 aromatic rings. The predicted molar refractivity (Wildman–Crippen MR) is 97.5 cm³/mol. The van der Waals surface area contributed by atoms with E-state index in [1.165, 1.54) is 24.3 Å². The number of rotatable bonds is 5. The lowest BCUT2D eigenvalue weighted by molar-refractivity contribution is 0.0370. The summed E-state index contributed by atoms with van der Waals surface area (Å²) < 4.78 is 29.1. The second kappa shape index (κ2) is 7.49. The lowest BCUT2D eigenvalue weighted by atomic mass is 10.1. The molecule has 6 heteroatoms. The summed E-state index contributed by atoms with van der Waals surface area (Å²) in [4.78, 5) is 17.0. The lowest BCUT2D eigenvalue weighted by Crippen LogP contribution is -2.14. The fraction of sp³-hybridized carbons (Fsp3) is 0.100. The molecular formula is C20H17NO4S. The molecule has 0 aliphatic rings. The zero-order chi connectivity index (χ0) is 18.6. The van der Waals surface area contributed by atoms with Gasteiger partial charge in [-0.1, -0.05) is 42.5 Å². The van der Waals surface area contributed by atoms with Crippen molar-refractivity contribution in [3.63, 3.8) is 0 Å². The summed E-state index contributed by atoms with van der Waals surface area (Å²) in [6.45, 7) is 0. The maximum atomic E-state index is 12.6. The number of pyridine rings is 1. The number of benzene rings is 2. The molecule has 1 heterocycles. The topological polar surface area (TPSA) is 73.3 Å². The Hall–Kier alpha value is -2.99. The summed E-state index contributed by atoms with van der Waals surface area (Å²) in [5, 5.41) is 0. The highest BCUT2D eigenvalue weighted by atomic mass is 32.2. The molecule has 3 rings (SSSR count). The Kier molecular flexibility index (Phi) is 5.14. The third-order valence-corrected chi connectivity index (χ3v) is 4.89. The van der Waals surface area contributed by atoms with Gasteiger partial charge in [0, 0.05) is 12.5 Å². The van der Waals surface area contributed by atoms with Gasteiger partial charge in [0.2, 0.25) is 0 Å². The van der Waals surface area contributed by atoms with Crippen LogP contribution in [-0.2, 0) is 14.6 Å². The number of aromatic nitrogens is 1. The molecule has 0 amide bonds. The molecule has 0 saturated heterocycles. The highest BCUT2D eigenvalue weighted by Crippen LogP contribution is 2.26. The monoisotopic (exact) mass is 367 g/mol. The van der Waals surface area contributed by atoms with Gasteiger partial charge in [-0.3, -0.25) is 4.98 Å². The van der Waals surface area contributed by atoms with Gasteiger partial charge in [0.25, 0.3) is 0 Å². The Morgan fingerprint density at radius 2 is 1.69 bits per heavy atom. The van der Waals surface area contributed by atoms with Crippen LogP contribution in [-0.4, -0.2) is 25.6 Å². The second-order valence-electron chi connectivity index (χ2n) is 5.75. The lowest BCUT2D eigenvalue weighted by Gasteiger charge is -2.18. The number of hydrogen-bond donors (Lipinski definition) is 0. The molecule has 1 aromatic heterocycles. The van der Waals surface area contributed by atoms with Gasteiger partial charge >= 0.3 is 5.97 Å². The van der Waals surface area contributed by atoms with Crippen LogP contribution in [0.5, 0.6) is 0 Å². The standard InChI is InChI=1S/C20H17NO4S/c1-26(23,24)17-11-7-10-16(14-17)20(22)25-19(15-8-3-2-4-9-15)18-12-5-6-13-21-18/h2-14,19H,1H3. The Labute approximate surface area is 152 Å². The first-order chi connectivity index (χ1) is 12.4. The summed E-state index contributed by atoms with van der Waals surface area (Å²) in [6.07, 6.45) is 2.04. The van der Waals surface area contributed by atoms with Crippen molar-refractivity contribution in [3.05, 3.63) is 95.8 Å². The molecule has 26 heavy (non-hydrogen) atoms. The molecule has 0 saturated carbocycles. The number of sulfone groups is 1. The van der Waals surface area contributed by atoms with Crippen molar-refractivity contribution in [1.29, 1.82) is 0 Å². The van der Waals surface area contributed by atoms with E-state index in [2.05, 4.69) is 4.98 Å². The largest absolute Gasteiger partial charge is 0.447 e. The molecule has 1 atom stereocenters. The fourth-order valence-electron chi connectivity index (χ4n) is 2.49. The van der Waals surface area contributed by atoms with E-state index in [1.807, 2.05) is 36.4 Å². The van der Waals surface area contributed by atoms with Gasteiger partial charge in [-0.25, -0.2) is 13.2 Å². The minimum atomic E-state index is -3.41. The van der Waals surface area contributed by atoms with Crippen LogP contribution in [0.15, 0.2) is 83.9 Å². The van der Waals surface area contributed by atoms with Gasteiger partial charge in [0.15, 0.2) is 15.9 Å². The average Bonchev–Trinajstić information content (AvgIpc) is 2.67. The molecule has 0 aliphatic heterocycles. The van der Waals surface area contributed by atoms with Crippen LogP contribution in [0.1, 0.15) is 27.7 Å². The van der Waals surface area contributed by atoms with Crippen LogP contribution in [0.3, 0.4) is 0 Å². The first-order valence-corrected chi connectivity index (χ1v) is 9.81. The van der Waals surface area contributed by atoms with Gasteiger partial charge in [-0.05, 0) is 35.9 Å². The SMILES string of the molecule is CS(=O)(=O)c1cccc(C(=O)OC(c2ccccc2)c2ccccn2)c1. The molecule has 132 valence electrons. The molecule has 0 bridgehead atoms. The maximum absolute atomic E-state index is 12.6. The van der Waals surface area contributed by atoms with E-state index in [-0.39, 0.29) is 10.5 Å². The Morgan fingerprint density at radius 3 is 2.35 bits per heavy atom. The predicted octanol–water partition coefficient (Wildman–Crippen LogP) is 3.43.